The Hall–Kier alpha value is -0.670. The predicted octanol–water partition coefficient (Wildman–Crippen LogP) is 2.17. The van der Waals surface area contributed by atoms with E-state index in [0.717, 1.165) is 12.3 Å². The quantitative estimate of drug-likeness (QED) is 0.789. The minimum Gasteiger partial charge on any atom is -0.368 e. The van der Waals surface area contributed by atoms with Gasteiger partial charge in [0.1, 0.15) is 0 Å². The number of hydrogen-bond acceptors (Lipinski definition) is 3. The topological polar surface area (TPSA) is 29.3 Å². The first-order valence-corrected chi connectivity index (χ1v) is 6.29. The summed E-state index contributed by atoms with van der Waals surface area (Å²) in [5, 5.41) is 0. The van der Waals surface area contributed by atoms with Crippen LogP contribution >= 0.6 is 11.8 Å². The van der Waals surface area contributed by atoms with E-state index in [1.807, 2.05) is 11.8 Å². The SMILES string of the molecule is Cc1cc(C)c2c(c1)SCC(CN)N2C. The molecule has 1 heterocycles. The van der Waals surface area contributed by atoms with Gasteiger partial charge in [-0.25, -0.2) is 0 Å². The molecule has 2 rings (SSSR count). The second-order valence-electron chi connectivity index (χ2n) is 4.24. The van der Waals surface area contributed by atoms with Crippen molar-refractivity contribution in [1.29, 1.82) is 0 Å². The van der Waals surface area contributed by atoms with Gasteiger partial charge in [0.05, 0.1) is 11.7 Å². The molecule has 0 aromatic heterocycles. The largest absolute Gasteiger partial charge is 0.368 e. The summed E-state index contributed by atoms with van der Waals surface area (Å²) in [6, 6.07) is 4.99. The number of anilines is 1. The van der Waals surface area contributed by atoms with Crippen LogP contribution in [0.5, 0.6) is 0 Å². The van der Waals surface area contributed by atoms with Gasteiger partial charge in [-0.05, 0) is 31.0 Å². The van der Waals surface area contributed by atoms with E-state index in [1.165, 1.54) is 21.7 Å². The number of aryl methyl sites for hydroxylation is 2. The molecule has 1 atom stereocenters. The number of benzene rings is 1. The van der Waals surface area contributed by atoms with Crippen LogP contribution in [-0.2, 0) is 0 Å². The van der Waals surface area contributed by atoms with Gasteiger partial charge in [0.2, 0.25) is 0 Å². The van der Waals surface area contributed by atoms with Crippen molar-refractivity contribution >= 4 is 17.4 Å². The van der Waals surface area contributed by atoms with Crippen LogP contribution in [0.1, 0.15) is 11.1 Å². The molecule has 0 saturated heterocycles. The van der Waals surface area contributed by atoms with Gasteiger partial charge in [-0.15, -0.1) is 11.8 Å². The van der Waals surface area contributed by atoms with Crippen molar-refractivity contribution in [3.05, 3.63) is 23.3 Å². The van der Waals surface area contributed by atoms with Gasteiger partial charge in [0.15, 0.2) is 0 Å². The van der Waals surface area contributed by atoms with Gasteiger partial charge in [0, 0.05) is 24.2 Å². The first-order chi connectivity index (χ1) is 7.13. The molecule has 0 fully saturated rings. The maximum absolute atomic E-state index is 5.78. The summed E-state index contributed by atoms with van der Waals surface area (Å²) in [7, 11) is 2.15. The molecule has 82 valence electrons. The third kappa shape index (κ3) is 1.86. The van der Waals surface area contributed by atoms with Crippen molar-refractivity contribution in [3.8, 4) is 0 Å². The van der Waals surface area contributed by atoms with E-state index in [-0.39, 0.29) is 0 Å². The molecule has 3 heteroatoms. The summed E-state index contributed by atoms with van der Waals surface area (Å²) < 4.78 is 0. The van der Waals surface area contributed by atoms with E-state index in [1.54, 1.807) is 0 Å². The fraction of sp³-hybridized carbons (Fsp3) is 0.500. The molecular formula is C12H18N2S. The lowest BCUT2D eigenvalue weighted by Crippen LogP contribution is -2.42. The lowest BCUT2D eigenvalue weighted by atomic mass is 10.1. The number of fused-ring (bicyclic) bond motifs is 1. The summed E-state index contributed by atoms with van der Waals surface area (Å²) in [5.41, 5.74) is 9.85. The Kier molecular flexibility index (Phi) is 2.94. The maximum Gasteiger partial charge on any atom is 0.0534 e. The predicted molar refractivity (Wildman–Crippen MR) is 67.9 cm³/mol. The summed E-state index contributed by atoms with van der Waals surface area (Å²) in [6.45, 7) is 5.07. The van der Waals surface area contributed by atoms with Crippen LogP contribution in [0.3, 0.4) is 0 Å². The van der Waals surface area contributed by atoms with E-state index in [0.29, 0.717) is 6.04 Å². The van der Waals surface area contributed by atoms with E-state index >= 15 is 0 Å². The lowest BCUT2D eigenvalue weighted by molar-refractivity contribution is 0.689. The van der Waals surface area contributed by atoms with Crippen molar-refractivity contribution in [2.24, 2.45) is 5.73 Å². The molecule has 1 aromatic carbocycles. The standard InChI is InChI=1S/C12H18N2S/c1-8-4-9(2)12-11(5-8)15-7-10(6-13)14(12)3/h4-5,10H,6-7,13H2,1-3H3. The number of thioether (sulfide) groups is 1. The Morgan fingerprint density at radius 2 is 2.20 bits per heavy atom. The zero-order chi connectivity index (χ0) is 11.0. The lowest BCUT2D eigenvalue weighted by Gasteiger charge is -2.36. The molecule has 0 spiro atoms. The van der Waals surface area contributed by atoms with Crippen molar-refractivity contribution in [3.63, 3.8) is 0 Å². The minimum atomic E-state index is 0.476. The molecule has 0 radical (unpaired) electrons. The zero-order valence-corrected chi connectivity index (χ0v) is 10.4. The molecule has 1 aromatic rings. The highest BCUT2D eigenvalue weighted by Gasteiger charge is 2.24. The van der Waals surface area contributed by atoms with Gasteiger partial charge in [-0.2, -0.15) is 0 Å². The molecule has 1 aliphatic rings. The third-order valence-corrected chi connectivity index (χ3v) is 4.19. The highest BCUT2D eigenvalue weighted by Crippen LogP contribution is 2.39. The van der Waals surface area contributed by atoms with Crippen LogP contribution in [0.2, 0.25) is 0 Å². The number of nitrogens with two attached hydrogens (primary N) is 1. The average Bonchev–Trinajstić information content (AvgIpc) is 2.17. The maximum atomic E-state index is 5.78. The zero-order valence-electron chi connectivity index (χ0n) is 9.58. The second kappa shape index (κ2) is 4.06. The van der Waals surface area contributed by atoms with Crippen molar-refractivity contribution in [1.82, 2.24) is 0 Å². The number of likely N-dealkylation sites (N-methyl/N-ethyl adjacent to an activating group) is 1. The molecule has 15 heavy (non-hydrogen) atoms. The Morgan fingerprint density at radius 3 is 2.87 bits per heavy atom. The molecule has 2 N–H and O–H groups in total. The monoisotopic (exact) mass is 222 g/mol. The third-order valence-electron chi connectivity index (χ3n) is 3.01. The van der Waals surface area contributed by atoms with Crippen LogP contribution < -0.4 is 10.6 Å². The fourth-order valence-corrected chi connectivity index (χ4v) is 3.63. The summed E-state index contributed by atoms with van der Waals surface area (Å²) in [6.07, 6.45) is 0. The summed E-state index contributed by atoms with van der Waals surface area (Å²) in [5.74, 6) is 1.10. The van der Waals surface area contributed by atoms with E-state index in [2.05, 4.69) is 37.9 Å². The molecule has 0 amide bonds. The van der Waals surface area contributed by atoms with Crippen molar-refractivity contribution in [2.45, 2.75) is 24.8 Å². The van der Waals surface area contributed by atoms with Crippen LogP contribution in [0.15, 0.2) is 17.0 Å². The van der Waals surface area contributed by atoms with Gasteiger partial charge < -0.3 is 10.6 Å². The van der Waals surface area contributed by atoms with Gasteiger partial charge >= 0.3 is 0 Å². The average molecular weight is 222 g/mol. The normalized spacial score (nSPS) is 20.3. The minimum absolute atomic E-state index is 0.476. The van der Waals surface area contributed by atoms with Crippen LogP contribution in [-0.4, -0.2) is 25.4 Å². The smallest absolute Gasteiger partial charge is 0.0534 e. The Bertz CT molecular complexity index is 376. The van der Waals surface area contributed by atoms with Gasteiger partial charge in [-0.3, -0.25) is 0 Å². The Labute approximate surface area is 95.8 Å². The fourth-order valence-electron chi connectivity index (χ4n) is 2.19. The second-order valence-corrected chi connectivity index (χ2v) is 5.30. The van der Waals surface area contributed by atoms with Gasteiger partial charge in [0.25, 0.3) is 0 Å². The molecule has 0 saturated carbocycles. The summed E-state index contributed by atoms with van der Waals surface area (Å²) in [4.78, 5) is 3.74. The first-order valence-electron chi connectivity index (χ1n) is 5.30. The van der Waals surface area contributed by atoms with E-state index in [4.69, 9.17) is 5.73 Å². The van der Waals surface area contributed by atoms with Crippen LogP contribution in [0.25, 0.3) is 0 Å². The Morgan fingerprint density at radius 1 is 1.47 bits per heavy atom. The van der Waals surface area contributed by atoms with Crippen LogP contribution in [0.4, 0.5) is 5.69 Å². The first kappa shape index (κ1) is 10.8. The number of nitrogens with zero attached hydrogens (tertiary/aromatic N) is 1. The van der Waals surface area contributed by atoms with Crippen LogP contribution in [0, 0.1) is 13.8 Å². The Balaban J connectivity index is 2.47. The molecule has 0 bridgehead atoms. The van der Waals surface area contributed by atoms with E-state index in [9.17, 15) is 0 Å². The van der Waals surface area contributed by atoms with E-state index < -0.39 is 0 Å². The van der Waals surface area contributed by atoms with Gasteiger partial charge in [-0.1, -0.05) is 6.07 Å². The molecule has 0 aliphatic carbocycles. The molecule has 2 nitrogen and oxygen atoms in total. The molecular weight excluding hydrogens is 204 g/mol. The highest BCUT2D eigenvalue weighted by atomic mass is 32.2. The summed E-state index contributed by atoms with van der Waals surface area (Å²) >= 11 is 1.93. The van der Waals surface area contributed by atoms with Crippen molar-refractivity contribution < 1.29 is 0 Å². The highest BCUT2D eigenvalue weighted by molar-refractivity contribution is 7.99. The number of hydrogen-bond donors (Lipinski definition) is 1. The van der Waals surface area contributed by atoms with Crippen molar-refractivity contribution in [2.75, 3.05) is 24.2 Å². The molecule has 1 unspecified atom stereocenters. The molecule has 1 aliphatic heterocycles. The number of rotatable bonds is 1.